The molecule has 8 nitrogen and oxygen atoms in total. The molecule has 0 saturated heterocycles. The van der Waals surface area contributed by atoms with Gasteiger partial charge >= 0.3 is 0 Å². The lowest BCUT2D eigenvalue weighted by atomic mass is 10.1. The van der Waals surface area contributed by atoms with Crippen LogP contribution in [0, 0.1) is 11.3 Å². The van der Waals surface area contributed by atoms with Crippen molar-refractivity contribution in [2.45, 2.75) is 20.8 Å². The monoisotopic (exact) mass is 397 g/mol. The molecule has 0 radical (unpaired) electrons. The molecule has 0 saturated carbocycles. The van der Waals surface area contributed by atoms with Gasteiger partial charge in [-0.15, -0.1) is 0 Å². The van der Waals surface area contributed by atoms with Crippen molar-refractivity contribution < 1.29 is 23.8 Å². The van der Waals surface area contributed by atoms with Gasteiger partial charge in [0, 0.05) is 11.1 Å². The van der Waals surface area contributed by atoms with Crippen LogP contribution in [-0.2, 0) is 0 Å². The number of hydrogen-bond donors (Lipinski definition) is 2. The van der Waals surface area contributed by atoms with E-state index >= 15 is 0 Å². The maximum atomic E-state index is 12.5. The van der Waals surface area contributed by atoms with E-state index in [0.717, 1.165) is 0 Å². The van der Waals surface area contributed by atoms with Gasteiger partial charge in [-0.1, -0.05) is 0 Å². The van der Waals surface area contributed by atoms with Crippen LogP contribution < -0.4 is 25.1 Å². The van der Waals surface area contributed by atoms with Crippen molar-refractivity contribution in [1.82, 2.24) is 10.9 Å². The zero-order valence-corrected chi connectivity index (χ0v) is 16.6. The second-order valence-electron chi connectivity index (χ2n) is 5.70. The predicted octanol–water partition coefficient (Wildman–Crippen LogP) is 2.83. The Balaban J connectivity index is 2.18. The summed E-state index contributed by atoms with van der Waals surface area (Å²) in [6, 6.07) is 11.1. The molecule has 2 aromatic rings. The molecule has 0 spiro atoms. The summed E-state index contributed by atoms with van der Waals surface area (Å²) in [7, 11) is 0. The van der Waals surface area contributed by atoms with Crippen LogP contribution in [0.15, 0.2) is 36.4 Å². The zero-order valence-electron chi connectivity index (χ0n) is 16.6. The molecule has 0 atom stereocenters. The number of nitriles is 1. The normalized spacial score (nSPS) is 9.86. The first kappa shape index (κ1) is 21.6. The second kappa shape index (κ2) is 10.6. The molecule has 0 aromatic heterocycles. The maximum Gasteiger partial charge on any atom is 0.269 e. The van der Waals surface area contributed by atoms with E-state index in [4.69, 9.17) is 19.5 Å². The van der Waals surface area contributed by atoms with Crippen molar-refractivity contribution in [2.24, 2.45) is 0 Å². The molecule has 2 rings (SSSR count). The fourth-order valence-electron chi connectivity index (χ4n) is 2.47. The second-order valence-corrected chi connectivity index (χ2v) is 5.70. The van der Waals surface area contributed by atoms with E-state index in [-0.39, 0.29) is 5.56 Å². The summed E-state index contributed by atoms with van der Waals surface area (Å²) in [6.07, 6.45) is 0. The highest BCUT2D eigenvalue weighted by Gasteiger charge is 2.19. The molecule has 2 amide bonds. The van der Waals surface area contributed by atoms with E-state index in [1.54, 1.807) is 0 Å². The Hall–Kier alpha value is -3.73. The highest BCUT2D eigenvalue weighted by atomic mass is 16.5. The predicted molar refractivity (Wildman–Crippen MR) is 106 cm³/mol. The summed E-state index contributed by atoms with van der Waals surface area (Å²) in [5, 5.41) is 8.81. The van der Waals surface area contributed by atoms with E-state index < -0.39 is 11.8 Å². The Kier molecular flexibility index (Phi) is 7.86. The molecule has 152 valence electrons. The molecule has 0 aliphatic heterocycles. The van der Waals surface area contributed by atoms with Crippen molar-refractivity contribution in [2.75, 3.05) is 19.8 Å². The number of rotatable bonds is 8. The highest BCUT2D eigenvalue weighted by Crippen LogP contribution is 2.39. The Morgan fingerprint density at radius 3 is 1.76 bits per heavy atom. The molecular formula is C21H23N3O5. The van der Waals surface area contributed by atoms with Crippen molar-refractivity contribution in [3.63, 3.8) is 0 Å². The van der Waals surface area contributed by atoms with Gasteiger partial charge in [-0.25, -0.2) is 0 Å². The Morgan fingerprint density at radius 2 is 1.31 bits per heavy atom. The van der Waals surface area contributed by atoms with Gasteiger partial charge in [0.15, 0.2) is 11.5 Å². The lowest BCUT2D eigenvalue weighted by Gasteiger charge is -2.17. The Bertz CT molecular complexity index is 877. The number of nitrogens with one attached hydrogen (secondary N) is 2. The highest BCUT2D eigenvalue weighted by molar-refractivity contribution is 5.99. The Labute approximate surface area is 169 Å². The zero-order chi connectivity index (χ0) is 21.2. The SMILES string of the molecule is CCOc1cc(C(=O)NNC(=O)c2ccc(C#N)cc2)cc(OCC)c1OCC. The van der Waals surface area contributed by atoms with E-state index in [0.29, 0.717) is 48.2 Å². The molecule has 0 heterocycles. The van der Waals surface area contributed by atoms with Crippen molar-refractivity contribution in [1.29, 1.82) is 5.26 Å². The summed E-state index contributed by atoms with van der Waals surface area (Å²) in [6.45, 7) is 6.65. The molecule has 0 aliphatic rings. The minimum Gasteiger partial charge on any atom is -0.490 e. The molecule has 0 bridgehead atoms. The van der Waals surface area contributed by atoms with E-state index in [9.17, 15) is 9.59 Å². The number of carbonyl (C=O) groups excluding carboxylic acids is 2. The van der Waals surface area contributed by atoms with Crippen molar-refractivity contribution >= 4 is 11.8 Å². The summed E-state index contributed by atoms with van der Waals surface area (Å²) in [4.78, 5) is 24.7. The van der Waals surface area contributed by atoms with Gasteiger partial charge in [0.25, 0.3) is 11.8 Å². The van der Waals surface area contributed by atoms with E-state index in [2.05, 4.69) is 10.9 Å². The van der Waals surface area contributed by atoms with Crippen LogP contribution in [0.5, 0.6) is 17.2 Å². The van der Waals surface area contributed by atoms with Gasteiger partial charge < -0.3 is 14.2 Å². The average Bonchev–Trinajstić information content (AvgIpc) is 2.74. The number of hydrazine groups is 1. The van der Waals surface area contributed by atoms with Gasteiger partial charge in [0.1, 0.15) is 0 Å². The summed E-state index contributed by atoms with van der Waals surface area (Å²) in [5.41, 5.74) is 5.68. The number of benzene rings is 2. The van der Waals surface area contributed by atoms with Gasteiger partial charge in [0.05, 0.1) is 31.5 Å². The van der Waals surface area contributed by atoms with Crippen LogP contribution in [0.3, 0.4) is 0 Å². The minimum atomic E-state index is -0.544. The number of hydrogen-bond acceptors (Lipinski definition) is 6. The standard InChI is InChI=1S/C21H23N3O5/c1-4-27-17-11-16(12-18(28-5-2)19(17)29-6-3)21(26)24-23-20(25)15-9-7-14(13-22)8-10-15/h7-12H,4-6H2,1-3H3,(H,23,25)(H,24,26). The van der Waals surface area contributed by atoms with Crippen LogP contribution in [0.4, 0.5) is 0 Å². The first-order chi connectivity index (χ1) is 14.0. The van der Waals surface area contributed by atoms with Gasteiger partial charge in [0.2, 0.25) is 5.75 Å². The quantitative estimate of drug-likeness (QED) is 0.663. The van der Waals surface area contributed by atoms with E-state index in [1.807, 2.05) is 26.8 Å². The third-order valence-corrected chi connectivity index (χ3v) is 3.74. The molecule has 0 fully saturated rings. The molecule has 0 unspecified atom stereocenters. The number of ether oxygens (including phenoxy) is 3. The van der Waals surface area contributed by atoms with Crippen molar-refractivity contribution in [3.8, 4) is 23.3 Å². The number of carbonyl (C=O) groups is 2. The van der Waals surface area contributed by atoms with Crippen LogP contribution in [0.2, 0.25) is 0 Å². The lowest BCUT2D eigenvalue weighted by Crippen LogP contribution is -2.41. The summed E-state index contributed by atoms with van der Waals surface area (Å²) < 4.78 is 16.8. The molecule has 2 N–H and O–H groups in total. The Morgan fingerprint density at radius 1 is 0.828 bits per heavy atom. The molecule has 0 aliphatic carbocycles. The third-order valence-electron chi connectivity index (χ3n) is 3.74. The number of nitrogens with zero attached hydrogens (tertiary/aromatic N) is 1. The maximum absolute atomic E-state index is 12.5. The topological polar surface area (TPSA) is 110 Å². The first-order valence-electron chi connectivity index (χ1n) is 9.21. The lowest BCUT2D eigenvalue weighted by molar-refractivity contribution is 0.0846. The van der Waals surface area contributed by atoms with Gasteiger partial charge in [-0.05, 0) is 57.2 Å². The molecule has 29 heavy (non-hydrogen) atoms. The summed E-state index contributed by atoms with van der Waals surface area (Å²) in [5.74, 6) is 0.128. The van der Waals surface area contributed by atoms with Crippen LogP contribution in [-0.4, -0.2) is 31.6 Å². The summed E-state index contributed by atoms with van der Waals surface area (Å²) >= 11 is 0. The molecule has 8 heteroatoms. The molecule has 2 aromatic carbocycles. The van der Waals surface area contributed by atoms with Gasteiger partial charge in [-0.2, -0.15) is 5.26 Å². The molecular weight excluding hydrogens is 374 g/mol. The smallest absolute Gasteiger partial charge is 0.269 e. The largest absolute Gasteiger partial charge is 0.490 e. The van der Waals surface area contributed by atoms with Crippen molar-refractivity contribution in [3.05, 3.63) is 53.1 Å². The van der Waals surface area contributed by atoms with Gasteiger partial charge in [-0.3, -0.25) is 20.4 Å². The van der Waals surface area contributed by atoms with Crippen LogP contribution in [0.1, 0.15) is 47.1 Å². The minimum absolute atomic E-state index is 0.237. The van der Waals surface area contributed by atoms with E-state index in [1.165, 1.54) is 36.4 Å². The number of amides is 2. The fourth-order valence-corrected chi connectivity index (χ4v) is 2.47. The average molecular weight is 397 g/mol. The first-order valence-corrected chi connectivity index (χ1v) is 9.21. The van der Waals surface area contributed by atoms with Crippen LogP contribution in [0.25, 0.3) is 0 Å². The fraction of sp³-hybridized carbons (Fsp3) is 0.286. The van der Waals surface area contributed by atoms with Crippen LogP contribution >= 0.6 is 0 Å². The third kappa shape index (κ3) is 5.62.